The molecule has 1 aromatic carbocycles. The van der Waals surface area contributed by atoms with Gasteiger partial charge in [-0.05, 0) is 57.1 Å². The molecule has 1 aromatic rings. The standard InChI is InChI=1S/C15H24FN3/c1-12(17)10-13-11-14(16)4-5-15(13)19-7-3-6-18(2)8-9-19/h4-5,11-12H,3,6-10,17H2,1-2H3. The quantitative estimate of drug-likeness (QED) is 0.905. The lowest BCUT2D eigenvalue weighted by Gasteiger charge is -2.26. The number of hydrogen-bond acceptors (Lipinski definition) is 3. The van der Waals surface area contributed by atoms with Crippen molar-refractivity contribution < 1.29 is 4.39 Å². The summed E-state index contributed by atoms with van der Waals surface area (Å²) in [5, 5.41) is 0. The normalized spacial score (nSPS) is 19.3. The van der Waals surface area contributed by atoms with E-state index in [-0.39, 0.29) is 11.9 Å². The first-order valence-corrected chi connectivity index (χ1v) is 7.04. The van der Waals surface area contributed by atoms with Crippen LogP contribution in [0.1, 0.15) is 18.9 Å². The van der Waals surface area contributed by atoms with Crippen LogP contribution >= 0.6 is 0 Å². The van der Waals surface area contributed by atoms with Gasteiger partial charge in [0.1, 0.15) is 5.82 Å². The molecule has 2 rings (SSSR count). The molecule has 1 unspecified atom stereocenters. The van der Waals surface area contributed by atoms with Gasteiger partial charge in [-0.2, -0.15) is 0 Å². The van der Waals surface area contributed by atoms with E-state index in [1.54, 1.807) is 12.1 Å². The van der Waals surface area contributed by atoms with Gasteiger partial charge in [-0.3, -0.25) is 0 Å². The van der Waals surface area contributed by atoms with Crippen LogP contribution in [0.5, 0.6) is 0 Å². The van der Waals surface area contributed by atoms with Crippen LogP contribution in [0.15, 0.2) is 18.2 Å². The lowest BCUT2D eigenvalue weighted by Crippen LogP contribution is -2.30. The molecule has 0 radical (unpaired) electrons. The molecule has 0 bridgehead atoms. The minimum absolute atomic E-state index is 0.0511. The molecule has 0 amide bonds. The lowest BCUT2D eigenvalue weighted by molar-refractivity contribution is 0.360. The molecule has 3 nitrogen and oxygen atoms in total. The van der Waals surface area contributed by atoms with Gasteiger partial charge in [0.25, 0.3) is 0 Å². The molecule has 0 spiro atoms. The van der Waals surface area contributed by atoms with Crippen molar-refractivity contribution in [2.75, 3.05) is 38.1 Å². The molecule has 2 N–H and O–H groups in total. The SMILES string of the molecule is CC(N)Cc1cc(F)ccc1N1CCCN(C)CC1. The zero-order valence-electron chi connectivity index (χ0n) is 11.9. The number of hydrogen-bond donors (Lipinski definition) is 1. The Bertz CT molecular complexity index is 420. The number of nitrogens with two attached hydrogens (primary N) is 1. The zero-order chi connectivity index (χ0) is 13.8. The van der Waals surface area contributed by atoms with Gasteiger partial charge in [-0.1, -0.05) is 0 Å². The van der Waals surface area contributed by atoms with Crippen molar-refractivity contribution in [3.8, 4) is 0 Å². The third-order valence-electron chi connectivity index (χ3n) is 3.64. The summed E-state index contributed by atoms with van der Waals surface area (Å²) < 4.78 is 13.4. The van der Waals surface area contributed by atoms with Crippen LogP contribution in [0.3, 0.4) is 0 Å². The summed E-state index contributed by atoms with van der Waals surface area (Å²) >= 11 is 0. The maximum Gasteiger partial charge on any atom is 0.123 e. The van der Waals surface area contributed by atoms with Crippen molar-refractivity contribution in [2.45, 2.75) is 25.8 Å². The van der Waals surface area contributed by atoms with E-state index in [4.69, 9.17) is 5.73 Å². The second-order valence-electron chi connectivity index (χ2n) is 5.60. The smallest absolute Gasteiger partial charge is 0.123 e. The van der Waals surface area contributed by atoms with Gasteiger partial charge in [-0.25, -0.2) is 4.39 Å². The van der Waals surface area contributed by atoms with Crippen LogP contribution < -0.4 is 10.6 Å². The van der Waals surface area contributed by atoms with Crippen molar-refractivity contribution in [3.63, 3.8) is 0 Å². The van der Waals surface area contributed by atoms with E-state index >= 15 is 0 Å². The van der Waals surface area contributed by atoms with Crippen LogP contribution in [-0.2, 0) is 6.42 Å². The van der Waals surface area contributed by atoms with Crippen molar-refractivity contribution in [3.05, 3.63) is 29.6 Å². The highest BCUT2D eigenvalue weighted by molar-refractivity contribution is 5.54. The second-order valence-corrected chi connectivity index (χ2v) is 5.60. The Morgan fingerprint density at radius 2 is 2.05 bits per heavy atom. The van der Waals surface area contributed by atoms with Crippen LogP contribution in [0.4, 0.5) is 10.1 Å². The number of anilines is 1. The molecule has 4 heteroatoms. The first kappa shape index (κ1) is 14.3. The first-order chi connectivity index (χ1) is 9.06. The summed E-state index contributed by atoms with van der Waals surface area (Å²) in [7, 11) is 2.15. The Kier molecular flexibility index (Phi) is 4.77. The molecule has 0 saturated carbocycles. The van der Waals surface area contributed by atoms with E-state index in [1.807, 2.05) is 13.0 Å². The van der Waals surface area contributed by atoms with E-state index in [1.165, 1.54) is 0 Å². The van der Waals surface area contributed by atoms with Crippen LogP contribution in [-0.4, -0.2) is 44.2 Å². The Hall–Kier alpha value is -1.13. The monoisotopic (exact) mass is 265 g/mol. The van der Waals surface area contributed by atoms with E-state index in [0.717, 1.165) is 50.3 Å². The minimum atomic E-state index is -0.175. The van der Waals surface area contributed by atoms with Crippen LogP contribution in [0.25, 0.3) is 0 Å². The highest BCUT2D eigenvalue weighted by atomic mass is 19.1. The van der Waals surface area contributed by atoms with E-state index in [9.17, 15) is 4.39 Å². The molecule has 1 aliphatic rings. The fraction of sp³-hybridized carbons (Fsp3) is 0.600. The average molecular weight is 265 g/mol. The minimum Gasteiger partial charge on any atom is -0.370 e. The maximum absolute atomic E-state index is 13.4. The molecular formula is C15H24FN3. The Morgan fingerprint density at radius 3 is 2.79 bits per heavy atom. The summed E-state index contributed by atoms with van der Waals surface area (Å²) in [6.07, 6.45) is 1.87. The van der Waals surface area contributed by atoms with E-state index in [0.29, 0.717) is 0 Å². The molecule has 0 aromatic heterocycles. The Morgan fingerprint density at radius 1 is 1.26 bits per heavy atom. The Balaban J connectivity index is 2.22. The zero-order valence-corrected chi connectivity index (χ0v) is 11.9. The number of rotatable bonds is 3. The second kappa shape index (κ2) is 6.35. The van der Waals surface area contributed by atoms with Gasteiger partial charge in [0.15, 0.2) is 0 Å². The van der Waals surface area contributed by atoms with E-state index in [2.05, 4.69) is 16.8 Å². The maximum atomic E-state index is 13.4. The summed E-state index contributed by atoms with van der Waals surface area (Å²) in [4.78, 5) is 4.70. The largest absolute Gasteiger partial charge is 0.370 e. The lowest BCUT2D eigenvalue weighted by atomic mass is 10.0. The number of likely N-dealkylation sites (N-methyl/N-ethyl adjacent to an activating group) is 1. The summed E-state index contributed by atoms with van der Waals surface area (Å²) in [5.41, 5.74) is 8.05. The van der Waals surface area contributed by atoms with Gasteiger partial charge in [0.05, 0.1) is 0 Å². The molecule has 1 heterocycles. The fourth-order valence-corrected chi connectivity index (χ4v) is 2.66. The predicted molar refractivity (Wildman–Crippen MR) is 78.1 cm³/mol. The molecule has 1 aliphatic heterocycles. The van der Waals surface area contributed by atoms with Gasteiger partial charge in [0.2, 0.25) is 0 Å². The Labute approximate surface area is 115 Å². The fourth-order valence-electron chi connectivity index (χ4n) is 2.66. The summed E-state index contributed by atoms with van der Waals surface area (Å²) in [6.45, 7) is 6.16. The van der Waals surface area contributed by atoms with Crippen molar-refractivity contribution in [2.24, 2.45) is 5.73 Å². The predicted octanol–water partition coefficient (Wildman–Crippen LogP) is 1.86. The van der Waals surface area contributed by atoms with Crippen LogP contribution in [0, 0.1) is 5.82 Å². The average Bonchev–Trinajstić information content (AvgIpc) is 2.54. The topological polar surface area (TPSA) is 32.5 Å². The summed E-state index contributed by atoms with van der Waals surface area (Å²) in [5.74, 6) is -0.175. The van der Waals surface area contributed by atoms with Crippen molar-refractivity contribution >= 4 is 5.69 Å². The van der Waals surface area contributed by atoms with E-state index < -0.39 is 0 Å². The van der Waals surface area contributed by atoms with Crippen LogP contribution in [0.2, 0.25) is 0 Å². The van der Waals surface area contributed by atoms with Gasteiger partial charge >= 0.3 is 0 Å². The highest BCUT2D eigenvalue weighted by Crippen LogP contribution is 2.24. The highest BCUT2D eigenvalue weighted by Gasteiger charge is 2.16. The molecule has 106 valence electrons. The third-order valence-corrected chi connectivity index (χ3v) is 3.64. The molecular weight excluding hydrogens is 241 g/mol. The van der Waals surface area contributed by atoms with Crippen molar-refractivity contribution in [1.29, 1.82) is 0 Å². The number of nitrogens with zero attached hydrogens (tertiary/aromatic N) is 2. The van der Waals surface area contributed by atoms with Gasteiger partial charge < -0.3 is 15.5 Å². The van der Waals surface area contributed by atoms with Crippen molar-refractivity contribution in [1.82, 2.24) is 4.90 Å². The number of halogens is 1. The molecule has 1 atom stereocenters. The van der Waals surface area contributed by atoms with Gasteiger partial charge in [0, 0.05) is 31.4 Å². The molecule has 1 fully saturated rings. The van der Waals surface area contributed by atoms with Gasteiger partial charge in [-0.15, -0.1) is 0 Å². The third kappa shape index (κ3) is 3.91. The molecule has 1 saturated heterocycles. The number of benzene rings is 1. The molecule has 0 aliphatic carbocycles. The first-order valence-electron chi connectivity index (χ1n) is 7.04. The summed E-state index contributed by atoms with van der Waals surface area (Å²) in [6, 6.07) is 5.13. The molecule has 19 heavy (non-hydrogen) atoms.